The van der Waals surface area contributed by atoms with Crippen LogP contribution in [0.15, 0.2) is 24.3 Å². The monoisotopic (exact) mass is 365 g/mol. The van der Waals surface area contributed by atoms with Gasteiger partial charge in [0, 0.05) is 12.6 Å². The van der Waals surface area contributed by atoms with Gasteiger partial charge < -0.3 is 15.5 Å². The van der Waals surface area contributed by atoms with E-state index in [1.54, 1.807) is 24.3 Å². The first-order valence-corrected chi connectivity index (χ1v) is 9.49. The Morgan fingerprint density at radius 1 is 1.20 bits per heavy atom. The third-order valence-electron chi connectivity index (χ3n) is 4.66. The van der Waals surface area contributed by atoms with Crippen molar-refractivity contribution in [1.29, 1.82) is 0 Å². The number of hydrogen-bond acceptors (Lipinski definition) is 3. The fourth-order valence-corrected chi connectivity index (χ4v) is 3.34. The molecule has 0 saturated carbocycles. The summed E-state index contributed by atoms with van der Waals surface area (Å²) < 4.78 is 0. The summed E-state index contributed by atoms with van der Waals surface area (Å²) in [6, 6.07) is 7.47. The predicted octanol–water partition coefficient (Wildman–Crippen LogP) is 2.84. The van der Waals surface area contributed by atoms with Gasteiger partial charge in [-0.2, -0.15) is 0 Å². The van der Waals surface area contributed by atoms with Crippen molar-refractivity contribution >= 4 is 23.4 Å². The molecule has 1 heterocycles. The largest absolute Gasteiger partial charge is 0.355 e. The number of unbranched alkanes of at least 4 members (excludes halogenated alkanes) is 1. The van der Waals surface area contributed by atoms with Gasteiger partial charge in [-0.15, -0.1) is 0 Å². The SMILES string of the molecule is CC1CCCCN1CCCCNC(=O)CNC(=O)c1ccccc1Cl. The number of halogens is 1. The van der Waals surface area contributed by atoms with E-state index in [-0.39, 0.29) is 18.4 Å². The maximum absolute atomic E-state index is 12.0. The number of likely N-dealkylation sites (tertiary alicyclic amines) is 1. The molecule has 1 aliphatic heterocycles. The van der Waals surface area contributed by atoms with Crippen LogP contribution in [0.25, 0.3) is 0 Å². The van der Waals surface area contributed by atoms with E-state index in [1.165, 1.54) is 25.8 Å². The average Bonchev–Trinajstić information content (AvgIpc) is 2.61. The average molecular weight is 366 g/mol. The summed E-state index contributed by atoms with van der Waals surface area (Å²) in [5.41, 5.74) is 0.382. The van der Waals surface area contributed by atoms with Gasteiger partial charge in [-0.1, -0.05) is 30.2 Å². The van der Waals surface area contributed by atoms with Crippen molar-refractivity contribution in [3.8, 4) is 0 Å². The molecule has 1 unspecified atom stereocenters. The van der Waals surface area contributed by atoms with Gasteiger partial charge in [0.2, 0.25) is 5.91 Å². The lowest BCUT2D eigenvalue weighted by Gasteiger charge is -2.33. The van der Waals surface area contributed by atoms with Gasteiger partial charge in [0.25, 0.3) is 5.91 Å². The minimum Gasteiger partial charge on any atom is -0.355 e. The first-order chi connectivity index (χ1) is 12.1. The van der Waals surface area contributed by atoms with Crippen molar-refractivity contribution < 1.29 is 9.59 Å². The Balaban J connectivity index is 1.56. The molecule has 2 rings (SSSR count). The molecule has 0 bridgehead atoms. The fourth-order valence-electron chi connectivity index (χ4n) is 3.12. The Morgan fingerprint density at radius 3 is 2.76 bits per heavy atom. The summed E-state index contributed by atoms with van der Waals surface area (Å²) >= 11 is 5.96. The second kappa shape index (κ2) is 10.4. The number of nitrogens with one attached hydrogen (secondary N) is 2. The van der Waals surface area contributed by atoms with Crippen LogP contribution in [0.3, 0.4) is 0 Å². The van der Waals surface area contributed by atoms with Crippen LogP contribution in [0, 0.1) is 0 Å². The highest BCUT2D eigenvalue weighted by Gasteiger charge is 2.17. The molecular formula is C19H28ClN3O2. The van der Waals surface area contributed by atoms with Crippen LogP contribution in [-0.4, -0.2) is 48.9 Å². The summed E-state index contributed by atoms with van der Waals surface area (Å²) in [5.74, 6) is -0.508. The maximum Gasteiger partial charge on any atom is 0.253 e. The van der Waals surface area contributed by atoms with E-state index < -0.39 is 0 Å². The Bertz CT molecular complexity index is 580. The number of piperidine rings is 1. The van der Waals surface area contributed by atoms with Crippen LogP contribution >= 0.6 is 11.6 Å². The molecule has 0 aromatic heterocycles. The minimum absolute atomic E-state index is 0.0345. The zero-order valence-electron chi connectivity index (χ0n) is 14.9. The van der Waals surface area contributed by atoms with Crippen molar-refractivity contribution in [2.45, 2.75) is 45.1 Å². The number of carbonyl (C=O) groups is 2. The highest BCUT2D eigenvalue weighted by atomic mass is 35.5. The topological polar surface area (TPSA) is 61.4 Å². The number of amides is 2. The molecule has 1 atom stereocenters. The smallest absolute Gasteiger partial charge is 0.253 e. The molecule has 25 heavy (non-hydrogen) atoms. The van der Waals surface area contributed by atoms with E-state index in [4.69, 9.17) is 11.6 Å². The van der Waals surface area contributed by atoms with E-state index in [9.17, 15) is 9.59 Å². The van der Waals surface area contributed by atoms with Crippen molar-refractivity contribution in [2.24, 2.45) is 0 Å². The number of rotatable bonds is 8. The van der Waals surface area contributed by atoms with E-state index in [0.29, 0.717) is 23.2 Å². The highest BCUT2D eigenvalue weighted by Crippen LogP contribution is 2.16. The third-order valence-corrected chi connectivity index (χ3v) is 4.99. The molecular weight excluding hydrogens is 338 g/mol. The molecule has 2 amide bonds. The van der Waals surface area contributed by atoms with Gasteiger partial charge in [0.1, 0.15) is 0 Å². The van der Waals surface area contributed by atoms with Crippen LogP contribution in [0.2, 0.25) is 5.02 Å². The predicted molar refractivity (Wildman–Crippen MR) is 101 cm³/mol. The van der Waals surface area contributed by atoms with Gasteiger partial charge >= 0.3 is 0 Å². The Labute approximate surface area is 155 Å². The van der Waals surface area contributed by atoms with Crippen LogP contribution < -0.4 is 10.6 Å². The van der Waals surface area contributed by atoms with E-state index in [0.717, 1.165) is 19.4 Å². The summed E-state index contributed by atoms with van der Waals surface area (Å²) in [7, 11) is 0. The number of benzene rings is 1. The number of nitrogens with zero attached hydrogens (tertiary/aromatic N) is 1. The molecule has 1 saturated heterocycles. The number of carbonyl (C=O) groups excluding carboxylic acids is 2. The number of hydrogen-bond donors (Lipinski definition) is 2. The minimum atomic E-state index is -0.333. The zero-order chi connectivity index (χ0) is 18.1. The lowest BCUT2D eigenvalue weighted by atomic mass is 10.0. The summed E-state index contributed by atoms with van der Waals surface area (Å²) in [6.07, 6.45) is 5.96. The molecule has 6 heteroatoms. The molecule has 138 valence electrons. The van der Waals surface area contributed by atoms with Gasteiger partial charge in [-0.25, -0.2) is 0 Å². The molecule has 0 radical (unpaired) electrons. The lowest BCUT2D eigenvalue weighted by Crippen LogP contribution is -2.39. The van der Waals surface area contributed by atoms with Crippen molar-refractivity contribution in [1.82, 2.24) is 15.5 Å². The quantitative estimate of drug-likeness (QED) is 0.696. The Kier molecular flexibility index (Phi) is 8.22. The lowest BCUT2D eigenvalue weighted by molar-refractivity contribution is -0.120. The van der Waals surface area contributed by atoms with Crippen molar-refractivity contribution in [2.75, 3.05) is 26.2 Å². The van der Waals surface area contributed by atoms with Crippen LogP contribution in [0.4, 0.5) is 0 Å². The second-order valence-electron chi connectivity index (χ2n) is 6.60. The molecule has 1 aliphatic rings. The van der Waals surface area contributed by atoms with Crippen molar-refractivity contribution in [3.63, 3.8) is 0 Å². The standard InChI is InChI=1S/C19H28ClN3O2/c1-15-8-4-6-12-23(15)13-7-5-11-21-18(24)14-22-19(25)16-9-2-3-10-17(16)20/h2-3,9-10,15H,4-8,11-14H2,1H3,(H,21,24)(H,22,25). The molecule has 0 aliphatic carbocycles. The maximum atomic E-state index is 12.0. The summed E-state index contributed by atoms with van der Waals surface area (Å²) in [4.78, 5) is 26.3. The normalized spacial score (nSPS) is 17.9. The van der Waals surface area contributed by atoms with E-state index >= 15 is 0 Å². The van der Waals surface area contributed by atoms with Gasteiger partial charge in [0.05, 0.1) is 17.1 Å². The highest BCUT2D eigenvalue weighted by molar-refractivity contribution is 6.33. The van der Waals surface area contributed by atoms with Gasteiger partial charge in [-0.3, -0.25) is 9.59 Å². The van der Waals surface area contributed by atoms with Crippen LogP contribution in [0.5, 0.6) is 0 Å². The zero-order valence-corrected chi connectivity index (χ0v) is 15.6. The summed E-state index contributed by atoms with van der Waals surface area (Å²) in [5, 5.41) is 5.82. The Morgan fingerprint density at radius 2 is 2.00 bits per heavy atom. The fraction of sp³-hybridized carbons (Fsp3) is 0.579. The first-order valence-electron chi connectivity index (χ1n) is 9.11. The molecule has 1 fully saturated rings. The summed E-state index contributed by atoms with van der Waals surface area (Å²) in [6.45, 7) is 5.20. The van der Waals surface area contributed by atoms with Gasteiger partial charge in [-0.05, 0) is 57.8 Å². The van der Waals surface area contributed by atoms with E-state index in [2.05, 4.69) is 22.5 Å². The van der Waals surface area contributed by atoms with E-state index in [1.807, 2.05) is 0 Å². The molecule has 1 aromatic rings. The Hall–Kier alpha value is -1.59. The first kappa shape index (κ1) is 19.7. The van der Waals surface area contributed by atoms with Crippen LogP contribution in [0.1, 0.15) is 49.4 Å². The molecule has 5 nitrogen and oxygen atoms in total. The molecule has 1 aromatic carbocycles. The molecule has 0 spiro atoms. The van der Waals surface area contributed by atoms with Gasteiger partial charge in [0.15, 0.2) is 0 Å². The van der Waals surface area contributed by atoms with Crippen LogP contribution in [-0.2, 0) is 4.79 Å². The van der Waals surface area contributed by atoms with Crippen molar-refractivity contribution in [3.05, 3.63) is 34.9 Å². The molecule has 2 N–H and O–H groups in total. The third kappa shape index (κ3) is 6.67. The second-order valence-corrected chi connectivity index (χ2v) is 7.01.